The molecule has 5 heteroatoms. The molecule has 0 aromatic heterocycles. The molecule has 0 saturated carbocycles. The summed E-state index contributed by atoms with van der Waals surface area (Å²) in [4.78, 5) is 23.0. The van der Waals surface area contributed by atoms with E-state index < -0.39 is 5.97 Å². The molecule has 1 N–H and O–H groups in total. The van der Waals surface area contributed by atoms with Gasteiger partial charge in [-0.05, 0) is 20.0 Å². The second kappa shape index (κ2) is 9.35. The third-order valence-corrected chi connectivity index (χ3v) is 1.69. The number of carboxylic acids is 1. The Morgan fingerprint density at radius 2 is 1.93 bits per heavy atom. The monoisotopic (exact) mass is 371 g/mol. The summed E-state index contributed by atoms with van der Waals surface area (Å²) in [5.41, 5.74) is 0. The maximum atomic E-state index is 11.0. The minimum absolute atomic E-state index is 0. The summed E-state index contributed by atoms with van der Waals surface area (Å²) in [7, 11) is 1.83. The van der Waals surface area contributed by atoms with Crippen molar-refractivity contribution in [1.29, 1.82) is 0 Å². The second-order valence-electron chi connectivity index (χ2n) is 3.20. The number of carbonyl (C=O) groups is 2. The third kappa shape index (κ3) is 9.87. The molecule has 0 aliphatic heterocycles. The molecule has 0 rings (SSSR count). The van der Waals surface area contributed by atoms with E-state index in [1.807, 2.05) is 11.9 Å². The number of carbonyl (C=O) groups excluding carboxylic acids is 1. The molecule has 0 aromatic rings. The van der Waals surface area contributed by atoms with Crippen LogP contribution in [0.5, 0.6) is 0 Å². The van der Waals surface area contributed by atoms with Gasteiger partial charge in [0.15, 0.2) is 5.78 Å². The molecule has 0 bridgehead atoms. The van der Waals surface area contributed by atoms with Gasteiger partial charge in [-0.1, -0.05) is 13.3 Å². The van der Waals surface area contributed by atoms with Gasteiger partial charge in [-0.2, -0.15) is 0 Å². The van der Waals surface area contributed by atoms with Gasteiger partial charge in [0.1, 0.15) is 6.42 Å². The molecule has 0 heterocycles. The fourth-order valence-electron chi connectivity index (χ4n) is 1.03. The molecule has 82 valence electrons. The molecule has 14 heavy (non-hydrogen) atoms. The average Bonchev–Trinajstić information content (AvgIpc) is 1.98. The topological polar surface area (TPSA) is 57.6 Å². The zero-order chi connectivity index (χ0) is 10.3. The third-order valence-electron chi connectivity index (χ3n) is 1.69. The minimum Gasteiger partial charge on any atom is -0.481 e. The number of carboxylic acid groups (broad SMARTS) is 1. The van der Waals surface area contributed by atoms with Gasteiger partial charge < -0.3 is 5.11 Å². The molecule has 0 spiro atoms. The van der Waals surface area contributed by atoms with E-state index in [-0.39, 0.29) is 39.8 Å². The number of nitrogens with zero attached hydrogens (tertiary/aromatic N) is 1. The van der Waals surface area contributed by atoms with Crippen molar-refractivity contribution in [3.63, 3.8) is 0 Å². The number of hydrogen-bond acceptors (Lipinski definition) is 3. The zero-order valence-corrected chi connectivity index (χ0v) is 11.6. The Balaban J connectivity index is 0. The summed E-state index contributed by atoms with van der Waals surface area (Å²) >= 11 is 0. The van der Waals surface area contributed by atoms with Gasteiger partial charge >= 0.3 is 5.97 Å². The van der Waals surface area contributed by atoms with Crippen molar-refractivity contribution in [1.82, 2.24) is 4.90 Å². The quantitative estimate of drug-likeness (QED) is 0.672. The molecule has 0 radical (unpaired) electrons. The summed E-state index contributed by atoms with van der Waals surface area (Å²) in [6.07, 6.45) is 1.75. The molecular formula is C9H17NO3W. The van der Waals surface area contributed by atoms with Crippen molar-refractivity contribution in [2.24, 2.45) is 0 Å². The SMILES string of the molecule is CCCCN(C)CC(=O)CC(=O)O.[W]. The Bertz CT molecular complexity index is 185. The van der Waals surface area contributed by atoms with E-state index in [1.165, 1.54) is 0 Å². The first-order chi connectivity index (χ1) is 6.06. The standard InChI is InChI=1S/C9H17NO3.W/c1-3-4-5-10(2)7-8(11)6-9(12)13;/h3-7H2,1-2H3,(H,12,13);. The largest absolute Gasteiger partial charge is 0.481 e. The van der Waals surface area contributed by atoms with Gasteiger partial charge in [-0.15, -0.1) is 0 Å². The van der Waals surface area contributed by atoms with Crippen LogP contribution in [0.3, 0.4) is 0 Å². The Kier molecular flexibility index (Phi) is 10.8. The molecule has 0 fully saturated rings. The van der Waals surface area contributed by atoms with E-state index in [1.54, 1.807) is 0 Å². The number of ketones is 1. The van der Waals surface area contributed by atoms with Crippen molar-refractivity contribution in [2.75, 3.05) is 20.1 Å². The van der Waals surface area contributed by atoms with Crippen molar-refractivity contribution in [3.05, 3.63) is 0 Å². The predicted molar refractivity (Wildman–Crippen MR) is 49.7 cm³/mol. The summed E-state index contributed by atoms with van der Waals surface area (Å²) in [6, 6.07) is 0. The first-order valence-electron chi connectivity index (χ1n) is 4.48. The van der Waals surface area contributed by atoms with E-state index in [4.69, 9.17) is 5.11 Å². The summed E-state index contributed by atoms with van der Waals surface area (Å²) in [5.74, 6) is -1.28. The van der Waals surface area contributed by atoms with Crippen LogP contribution in [-0.2, 0) is 30.7 Å². The van der Waals surface area contributed by atoms with E-state index in [0.29, 0.717) is 0 Å². The van der Waals surface area contributed by atoms with E-state index in [2.05, 4.69) is 6.92 Å². The van der Waals surface area contributed by atoms with Crippen LogP contribution in [0.1, 0.15) is 26.2 Å². The fraction of sp³-hybridized carbons (Fsp3) is 0.778. The number of unbranched alkanes of at least 4 members (excludes halogenated alkanes) is 1. The molecule has 0 aromatic carbocycles. The second-order valence-corrected chi connectivity index (χ2v) is 3.20. The maximum absolute atomic E-state index is 11.0. The first-order valence-corrected chi connectivity index (χ1v) is 4.48. The van der Waals surface area contributed by atoms with Crippen LogP contribution in [0.2, 0.25) is 0 Å². The normalized spacial score (nSPS) is 9.64. The molecule has 0 amide bonds. The van der Waals surface area contributed by atoms with Crippen LogP contribution < -0.4 is 0 Å². The van der Waals surface area contributed by atoms with Crippen molar-refractivity contribution >= 4 is 11.8 Å². The summed E-state index contributed by atoms with van der Waals surface area (Å²) < 4.78 is 0. The molecule has 0 atom stereocenters. The Labute approximate surface area is 98.9 Å². The molecule has 0 unspecified atom stereocenters. The number of rotatable bonds is 7. The van der Waals surface area contributed by atoms with Gasteiger partial charge in [-0.3, -0.25) is 14.5 Å². The predicted octanol–water partition coefficient (Wildman–Crippen LogP) is 0.760. The Morgan fingerprint density at radius 1 is 1.36 bits per heavy atom. The van der Waals surface area contributed by atoms with E-state index in [0.717, 1.165) is 19.4 Å². The van der Waals surface area contributed by atoms with Crippen LogP contribution in [0.4, 0.5) is 0 Å². The Hall–Kier alpha value is -0.212. The molecule has 0 saturated heterocycles. The van der Waals surface area contributed by atoms with Gasteiger partial charge in [0, 0.05) is 21.1 Å². The molecule has 4 nitrogen and oxygen atoms in total. The van der Waals surface area contributed by atoms with Gasteiger partial charge in [0.25, 0.3) is 0 Å². The number of aliphatic carboxylic acids is 1. The number of likely N-dealkylation sites (N-methyl/N-ethyl adjacent to an activating group) is 1. The van der Waals surface area contributed by atoms with Crippen molar-refractivity contribution < 1.29 is 35.8 Å². The van der Waals surface area contributed by atoms with Crippen LogP contribution in [0, 0.1) is 0 Å². The minimum atomic E-state index is -1.05. The average molecular weight is 371 g/mol. The smallest absolute Gasteiger partial charge is 0.310 e. The fourth-order valence-corrected chi connectivity index (χ4v) is 1.03. The molecule has 0 aliphatic rings. The van der Waals surface area contributed by atoms with Crippen molar-refractivity contribution in [2.45, 2.75) is 26.2 Å². The first kappa shape index (κ1) is 16.2. The maximum Gasteiger partial charge on any atom is 0.310 e. The van der Waals surface area contributed by atoms with Gasteiger partial charge in [-0.25, -0.2) is 0 Å². The van der Waals surface area contributed by atoms with Crippen LogP contribution in [-0.4, -0.2) is 41.9 Å². The summed E-state index contributed by atoms with van der Waals surface area (Å²) in [6.45, 7) is 3.17. The van der Waals surface area contributed by atoms with Gasteiger partial charge in [0.05, 0.1) is 6.54 Å². The number of Topliss-reactive ketones (excluding diaryl/α,β-unsaturated/α-hetero) is 1. The van der Waals surface area contributed by atoms with Crippen LogP contribution >= 0.6 is 0 Å². The van der Waals surface area contributed by atoms with Crippen molar-refractivity contribution in [3.8, 4) is 0 Å². The van der Waals surface area contributed by atoms with Gasteiger partial charge in [0.2, 0.25) is 0 Å². The number of hydrogen-bond donors (Lipinski definition) is 1. The van der Waals surface area contributed by atoms with Crippen LogP contribution in [0.15, 0.2) is 0 Å². The van der Waals surface area contributed by atoms with E-state index in [9.17, 15) is 9.59 Å². The van der Waals surface area contributed by atoms with E-state index >= 15 is 0 Å². The van der Waals surface area contributed by atoms with Crippen LogP contribution in [0.25, 0.3) is 0 Å². The molecule has 0 aliphatic carbocycles. The Morgan fingerprint density at radius 3 is 2.36 bits per heavy atom. The summed E-state index contributed by atoms with van der Waals surface area (Å²) in [5, 5.41) is 8.33. The molecular weight excluding hydrogens is 354 g/mol. The zero-order valence-electron chi connectivity index (χ0n) is 8.65.